The fourth-order valence-corrected chi connectivity index (χ4v) is 1.22. The van der Waals surface area contributed by atoms with Gasteiger partial charge in [0.05, 0.1) is 13.7 Å². The summed E-state index contributed by atoms with van der Waals surface area (Å²) in [6.45, 7) is 1.09. The van der Waals surface area contributed by atoms with Gasteiger partial charge in [0.1, 0.15) is 0 Å². The molecule has 14 heavy (non-hydrogen) atoms. The first-order valence-electron chi connectivity index (χ1n) is 4.03. The fourth-order valence-electron chi connectivity index (χ4n) is 1.22. The molecule has 1 aromatic rings. The van der Waals surface area contributed by atoms with Crippen molar-refractivity contribution in [3.8, 4) is 5.88 Å². The number of nitrogens with zero attached hydrogens (tertiary/aromatic N) is 1. The number of ether oxygens (including phenoxy) is 1. The smallest absolute Gasteiger partial charge is 0.264 e. The lowest BCUT2D eigenvalue weighted by molar-refractivity contribution is 0.145. The summed E-state index contributed by atoms with van der Waals surface area (Å²) < 4.78 is 29.8. The summed E-state index contributed by atoms with van der Waals surface area (Å²) in [4.78, 5) is 3.89. The number of rotatable bonds is 3. The predicted octanol–water partition coefficient (Wildman–Crippen LogP) is 1.83. The summed E-state index contributed by atoms with van der Waals surface area (Å²) >= 11 is 0. The van der Waals surface area contributed by atoms with Gasteiger partial charge in [-0.25, -0.2) is 13.8 Å². The van der Waals surface area contributed by atoms with Crippen molar-refractivity contribution in [2.45, 2.75) is 20.0 Å². The van der Waals surface area contributed by atoms with Gasteiger partial charge in [-0.2, -0.15) is 0 Å². The number of aliphatic hydroxyl groups is 1. The number of hydrogen-bond acceptors (Lipinski definition) is 3. The van der Waals surface area contributed by atoms with Crippen LogP contribution in [0.25, 0.3) is 0 Å². The summed E-state index contributed by atoms with van der Waals surface area (Å²) in [6.07, 6.45) is -2.63. The maximum atomic E-state index is 12.5. The molecule has 0 unspecified atom stereocenters. The van der Waals surface area contributed by atoms with Gasteiger partial charge in [-0.1, -0.05) is 0 Å². The topological polar surface area (TPSA) is 42.4 Å². The van der Waals surface area contributed by atoms with Crippen molar-refractivity contribution in [2.75, 3.05) is 7.11 Å². The number of halogens is 2. The normalized spacial score (nSPS) is 10.7. The van der Waals surface area contributed by atoms with Gasteiger partial charge in [0.15, 0.2) is 0 Å². The third-order valence-corrected chi connectivity index (χ3v) is 1.84. The van der Waals surface area contributed by atoms with Crippen molar-refractivity contribution >= 4 is 0 Å². The van der Waals surface area contributed by atoms with E-state index in [0.717, 1.165) is 0 Å². The Morgan fingerprint density at radius 1 is 1.57 bits per heavy atom. The van der Waals surface area contributed by atoms with Gasteiger partial charge in [-0.3, -0.25) is 0 Å². The Morgan fingerprint density at radius 2 is 2.21 bits per heavy atom. The predicted molar refractivity (Wildman–Crippen MR) is 46.4 cm³/mol. The number of aliphatic hydroxyl groups excluding tert-OH is 1. The Balaban J connectivity index is 3.31. The van der Waals surface area contributed by atoms with E-state index in [1.165, 1.54) is 13.2 Å². The average Bonchev–Trinajstić information content (AvgIpc) is 2.16. The standard InChI is InChI=1S/C9H11F2NO2/c1-5-3-6(8(10)11)7(4-13)9(12-5)14-2/h3,8,13H,4H2,1-2H3. The highest BCUT2D eigenvalue weighted by molar-refractivity contribution is 5.37. The molecular weight excluding hydrogens is 192 g/mol. The molecule has 0 aliphatic rings. The number of aromatic nitrogens is 1. The molecule has 0 aliphatic carbocycles. The second-order valence-electron chi connectivity index (χ2n) is 2.80. The van der Waals surface area contributed by atoms with Crippen LogP contribution in [0.15, 0.2) is 6.07 Å². The highest BCUT2D eigenvalue weighted by atomic mass is 19.3. The zero-order valence-electron chi connectivity index (χ0n) is 7.92. The molecule has 78 valence electrons. The summed E-state index contributed by atoms with van der Waals surface area (Å²) in [7, 11) is 1.33. The molecule has 1 heterocycles. The summed E-state index contributed by atoms with van der Waals surface area (Å²) in [5.41, 5.74) is 0.263. The number of methoxy groups -OCH3 is 1. The molecule has 0 amide bonds. The van der Waals surface area contributed by atoms with Crippen molar-refractivity contribution < 1.29 is 18.6 Å². The molecule has 1 rings (SSSR count). The zero-order valence-corrected chi connectivity index (χ0v) is 7.92. The minimum Gasteiger partial charge on any atom is -0.481 e. The van der Waals surface area contributed by atoms with Crippen LogP contribution in [0.4, 0.5) is 8.78 Å². The van der Waals surface area contributed by atoms with Gasteiger partial charge >= 0.3 is 0 Å². The van der Waals surface area contributed by atoms with E-state index in [9.17, 15) is 8.78 Å². The molecule has 1 N–H and O–H groups in total. The Kier molecular flexibility index (Phi) is 3.35. The quantitative estimate of drug-likeness (QED) is 0.814. The molecule has 0 bridgehead atoms. The average molecular weight is 203 g/mol. The molecule has 3 nitrogen and oxygen atoms in total. The minimum absolute atomic E-state index is 0.0492. The lowest BCUT2D eigenvalue weighted by Gasteiger charge is -2.11. The minimum atomic E-state index is -2.63. The molecule has 0 radical (unpaired) electrons. The van der Waals surface area contributed by atoms with Gasteiger partial charge in [-0.05, 0) is 13.0 Å². The SMILES string of the molecule is COc1nc(C)cc(C(F)F)c1CO. The summed E-state index contributed by atoms with van der Waals surface area (Å²) in [6, 6.07) is 1.25. The van der Waals surface area contributed by atoms with Crippen molar-refractivity contribution in [1.29, 1.82) is 0 Å². The van der Waals surface area contributed by atoms with E-state index in [1.807, 2.05) is 0 Å². The van der Waals surface area contributed by atoms with Crippen molar-refractivity contribution in [1.82, 2.24) is 4.98 Å². The van der Waals surface area contributed by atoms with Crippen LogP contribution >= 0.6 is 0 Å². The van der Waals surface area contributed by atoms with E-state index in [-0.39, 0.29) is 17.0 Å². The van der Waals surface area contributed by atoms with E-state index in [4.69, 9.17) is 9.84 Å². The Morgan fingerprint density at radius 3 is 2.64 bits per heavy atom. The molecule has 0 saturated carbocycles. The third kappa shape index (κ3) is 1.98. The van der Waals surface area contributed by atoms with E-state index >= 15 is 0 Å². The lowest BCUT2D eigenvalue weighted by Crippen LogP contribution is -2.02. The highest BCUT2D eigenvalue weighted by Crippen LogP contribution is 2.29. The number of alkyl halides is 2. The van der Waals surface area contributed by atoms with Gasteiger partial charge in [-0.15, -0.1) is 0 Å². The molecular formula is C9H11F2NO2. The monoisotopic (exact) mass is 203 g/mol. The second-order valence-corrected chi connectivity index (χ2v) is 2.80. The van der Waals surface area contributed by atoms with Gasteiger partial charge < -0.3 is 9.84 Å². The summed E-state index contributed by atoms with van der Waals surface area (Å²) in [5.74, 6) is 0.0581. The Labute approximate surface area is 80.3 Å². The van der Waals surface area contributed by atoms with Gasteiger partial charge in [0, 0.05) is 16.8 Å². The van der Waals surface area contributed by atoms with Crippen LogP contribution in [0.5, 0.6) is 5.88 Å². The van der Waals surface area contributed by atoms with E-state index in [2.05, 4.69) is 4.98 Å². The van der Waals surface area contributed by atoms with Crippen molar-refractivity contribution in [2.24, 2.45) is 0 Å². The van der Waals surface area contributed by atoms with Crippen LogP contribution in [0.2, 0.25) is 0 Å². The highest BCUT2D eigenvalue weighted by Gasteiger charge is 2.18. The van der Waals surface area contributed by atoms with Crippen molar-refractivity contribution in [3.05, 3.63) is 22.9 Å². The van der Waals surface area contributed by atoms with Crippen molar-refractivity contribution in [3.63, 3.8) is 0 Å². The maximum Gasteiger partial charge on any atom is 0.264 e. The molecule has 0 saturated heterocycles. The van der Waals surface area contributed by atoms with E-state index in [0.29, 0.717) is 5.69 Å². The first-order chi connectivity index (χ1) is 6.60. The van der Waals surface area contributed by atoms with Crippen LogP contribution in [0.3, 0.4) is 0 Å². The maximum absolute atomic E-state index is 12.5. The van der Waals surface area contributed by atoms with Crippen LogP contribution in [0, 0.1) is 6.92 Å². The van der Waals surface area contributed by atoms with Crippen LogP contribution in [-0.4, -0.2) is 17.2 Å². The van der Waals surface area contributed by atoms with Crippen LogP contribution in [-0.2, 0) is 6.61 Å². The molecule has 5 heteroatoms. The number of hydrogen-bond donors (Lipinski definition) is 1. The molecule has 0 spiro atoms. The third-order valence-electron chi connectivity index (χ3n) is 1.84. The second kappa shape index (κ2) is 4.32. The number of pyridine rings is 1. The molecule has 0 aromatic carbocycles. The van der Waals surface area contributed by atoms with E-state index in [1.54, 1.807) is 6.92 Å². The Hall–Kier alpha value is -1.23. The Bertz CT molecular complexity index is 329. The van der Waals surface area contributed by atoms with Gasteiger partial charge in [0.2, 0.25) is 5.88 Å². The van der Waals surface area contributed by atoms with Gasteiger partial charge in [0.25, 0.3) is 6.43 Å². The first-order valence-corrected chi connectivity index (χ1v) is 4.03. The summed E-state index contributed by atoms with van der Waals surface area (Å²) in [5, 5.41) is 8.92. The van der Waals surface area contributed by atoms with Crippen LogP contribution in [0.1, 0.15) is 23.2 Å². The largest absolute Gasteiger partial charge is 0.481 e. The zero-order chi connectivity index (χ0) is 10.7. The first kappa shape index (κ1) is 10.8. The number of aryl methyl sites for hydroxylation is 1. The fraction of sp³-hybridized carbons (Fsp3) is 0.444. The van der Waals surface area contributed by atoms with E-state index < -0.39 is 13.0 Å². The lowest BCUT2D eigenvalue weighted by atomic mass is 10.1. The molecule has 0 fully saturated rings. The molecule has 1 aromatic heterocycles. The molecule has 0 atom stereocenters. The van der Waals surface area contributed by atoms with Crippen LogP contribution < -0.4 is 4.74 Å². The molecule has 0 aliphatic heterocycles.